The molecular formula is C13H17F3N2. The van der Waals surface area contributed by atoms with E-state index in [0.29, 0.717) is 12.1 Å². The molecule has 1 heterocycles. The summed E-state index contributed by atoms with van der Waals surface area (Å²) in [6.45, 7) is 4.06. The van der Waals surface area contributed by atoms with E-state index in [4.69, 9.17) is 5.73 Å². The van der Waals surface area contributed by atoms with E-state index >= 15 is 0 Å². The van der Waals surface area contributed by atoms with Gasteiger partial charge in [-0.25, -0.2) is 0 Å². The Labute approximate surface area is 105 Å². The van der Waals surface area contributed by atoms with Crippen LogP contribution in [0.25, 0.3) is 0 Å². The highest BCUT2D eigenvalue weighted by molar-refractivity contribution is 5.26. The summed E-state index contributed by atoms with van der Waals surface area (Å²) in [5.41, 5.74) is 5.97. The number of nitrogens with zero attached hydrogens (tertiary/aromatic N) is 1. The molecule has 2 N–H and O–H groups in total. The van der Waals surface area contributed by atoms with Crippen molar-refractivity contribution in [3.8, 4) is 0 Å². The van der Waals surface area contributed by atoms with E-state index in [1.165, 1.54) is 12.1 Å². The fraction of sp³-hybridized carbons (Fsp3) is 0.538. The van der Waals surface area contributed by atoms with Crippen molar-refractivity contribution in [1.29, 1.82) is 0 Å². The maximum atomic E-state index is 12.5. The fourth-order valence-electron chi connectivity index (χ4n) is 2.28. The lowest BCUT2D eigenvalue weighted by atomic mass is 9.88. The average Bonchev–Trinajstić information content (AvgIpc) is 2.26. The molecule has 0 radical (unpaired) electrons. The third kappa shape index (κ3) is 2.84. The Morgan fingerprint density at radius 3 is 2.56 bits per heavy atom. The number of hydrogen-bond donors (Lipinski definition) is 1. The zero-order chi connectivity index (χ0) is 13.4. The average molecular weight is 258 g/mol. The van der Waals surface area contributed by atoms with E-state index in [-0.39, 0.29) is 5.54 Å². The predicted molar refractivity (Wildman–Crippen MR) is 63.9 cm³/mol. The molecule has 2 nitrogen and oxygen atoms in total. The zero-order valence-electron chi connectivity index (χ0n) is 10.3. The van der Waals surface area contributed by atoms with Gasteiger partial charge in [-0.2, -0.15) is 13.2 Å². The van der Waals surface area contributed by atoms with Gasteiger partial charge in [0.05, 0.1) is 5.56 Å². The third-order valence-electron chi connectivity index (χ3n) is 3.44. The van der Waals surface area contributed by atoms with Gasteiger partial charge in [0.2, 0.25) is 0 Å². The minimum atomic E-state index is -4.27. The van der Waals surface area contributed by atoms with Crippen molar-refractivity contribution >= 4 is 0 Å². The topological polar surface area (TPSA) is 29.3 Å². The first-order chi connectivity index (χ1) is 8.32. The quantitative estimate of drug-likeness (QED) is 0.903. The molecule has 18 heavy (non-hydrogen) atoms. The fourth-order valence-corrected chi connectivity index (χ4v) is 2.28. The van der Waals surface area contributed by atoms with Gasteiger partial charge in [0.15, 0.2) is 0 Å². The Balaban J connectivity index is 1.99. The first-order valence-corrected chi connectivity index (χ1v) is 6.00. The molecule has 1 fully saturated rings. The highest BCUT2D eigenvalue weighted by Crippen LogP contribution is 2.30. The molecule has 5 heteroatoms. The van der Waals surface area contributed by atoms with Gasteiger partial charge in [-0.05, 0) is 18.1 Å². The lowest BCUT2D eigenvalue weighted by molar-refractivity contribution is -0.137. The number of nitrogens with two attached hydrogens (primary N) is 1. The summed E-state index contributed by atoms with van der Waals surface area (Å²) in [4.78, 5) is 2.07. The van der Waals surface area contributed by atoms with E-state index in [9.17, 15) is 13.2 Å². The molecule has 0 aliphatic carbocycles. The van der Waals surface area contributed by atoms with Crippen molar-refractivity contribution in [1.82, 2.24) is 4.90 Å². The lowest BCUT2D eigenvalue weighted by Crippen LogP contribution is -2.66. The maximum Gasteiger partial charge on any atom is 0.416 e. The van der Waals surface area contributed by atoms with Crippen molar-refractivity contribution in [3.63, 3.8) is 0 Å². The summed E-state index contributed by atoms with van der Waals surface area (Å²) in [5, 5.41) is 0. The van der Waals surface area contributed by atoms with Gasteiger partial charge in [-0.15, -0.1) is 0 Å². The maximum absolute atomic E-state index is 12.5. The minimum Gasteiger partial charge on any atom is -0.323 e. The molecule has 2 rings (SSSR count). The highest BCUT2D eigenvalue weighted by Gasteiger charge is 2.37. The molecule has 0 atom stereocenters. The van der Waals surface area contributed by atoms with Gasteiger partial charge in [-0.1, -0.05) is 25.1 Å². The molecule has 100 valence electrons. The van der Waals surface area contributed by atoms with E-state index in [1.54, 1.807) is 6.07 Å². The van der Waals surface area contributed by atoms with Gasteiger partial charge in [-0.3, -0.25) is 4.90 Å². The molecule has 1 aliphatic rings. The standard InChI is InChI=1S/C13H17F3N2/c1-2-12(17)8-18(9-12)7-10-4-3-5-11(6-10)13(14,15)16/h3-6H,2,7-9,17H2,1H3. The van der Waals surface area contributed by atoms with Gasteiger partial charge < -0.3 is 5.73 Å². The second kappa shape index (κ2) is 4.55. The second-order valence-electron chi connectivity index (χ2n) is 5.06. The monoisotopic (exact) mass is 258 g/mol. The number of likely N-dealkylation sites (tertiary alicyclic amines) is 1. The number of hydrogen-bond acceptors (Lipinski definition) is 2. The van der Waals surface area contributed by atoms with Crippen LogP contribution in [0.15, 0.2) is 24.3 Å². The summed E-state index contributed by atoms with van der Waals surface area (Å²) >= 11 is 0. The molecule has 1 saturated heterocycles. The predicted octanol–water partition coefficient (Wildman–Crippen LogP) is 2.63. The van der Waals surface area contributed by atoms with Crippen molar-refractivity contribution in [2.45, 2.75) is 31.6 Å². The van der Waals surface area contributed by atoms with Crippen LogP contribution in [0, 0.1) is 0 Å². The van der Waals surface area contributed by atoms with Crippen LogP contribution in [-0.4, -0.2) is 23.5 Å². The van der Waals surface area contributed by atoms with Crippen LogP contribution in [0.3, 0.4) is 0 Å². The molecule has 0 bridgehead atoms. The Morgan fingerprint density at radius 2 is 2.00 bits per heavy atom. The molecule has 0 aromatic heterocycles. The van der Waals surface area contributed by atoms with Gasteiger partial charge in [0, 0.05) is 25.2 Å². The van der Waals surface area contributed by atoms with Crippen molar-refractivity contribution in [2.75, 3.05) is 13.1 Å². The zero-order valence-corrected chi connectivity index (χ0v) is 10.3. The van der Waals surface area contributed by atoms with E-state index in [2.05, 4.69) is 4.90 Å². The Bertz CT molecular complexity index is 422. The van der Waals surface area contributed by atoms with Crippen LogP contribution in [-0.2, 0) is 12.7 Å². The lowest BCUT2D eigenvalue weighted by Gasteiger charge is -2.47. The second-order valence-corrected chi connectivity index (χ2v) is 5.06. The van der Waals surface area contributed by atoms with Gasteiger partial charge >= 0.3 is 6.18 Å². The first kappa shape index (κ1) is 13.4. The SMILES string of the molecule is CCC1(N)CN(Cc2cccc(C(F)(F)F)c2)C1. The van der Waals surface area contributed by atoms with Crippen LogP contribution in [0.4, 0.5) is 13.2 Å². The number of halogens is 3. The van der Waals surface area contributed by atoms with Crippen LogP contribution >= 0.6 is 0 Å². The molecule has 0 saturated carbocycles. The van der Waals surface area contributed by atoms with Crippen molar-refractivity contribution in [3.05, 3.63) is 35.4 Å². The van der Waals surface area contributed by atoms with Crippen LogP contribution in [0.2, 0.25) is 0 Å². The summed E-state index contributed by atoms with van der Waals surface area (Å²) in [6.07, 6.45) is -3.38. The Kier molecular flexibility index (Phi) is 3.38. The van der Waals surface area contributed by atoms with Crippen LogP contribution in [0.5, 0.6) is 0 Å². The number of rotatable bonds is 3. The largest absolute Gasteiger partial charge is 0.416 e. The normalized spacial score (nSPS) is 19.6. The highest BCUT2D eigenvalue weighted by atomic mass is 19.4. The summed E-state index contributed by atoms with van der Waals surface area (Å²) in [5.74, 6) is 0. The molecule has 0 unspecified atom stereocenters. The molecule has 0 spiro atoms. The summed E-state index contributed by atoms with van der Waals surface area (Å²) in [6, 6.07) is 5.48. The summed E-state index contributed by atoms with van der Waals surface area (Å²) in [7, 11) is 0. The van der Waals surface area contributed by atoms with Crippen LogP contribution < -0.4 is 5.73 Å². The molecule has 1 aliphatic heterocycles. The van der Waals surface area contributed by atoms with E-state index in [0.717, 1.165) is 25.6 Å². The minimum absolute atomic E-state index is 0.151. The molecular weight excluding hydrogens is 241 g/mol. The number of benzene rings is 1. The van der Waals surface area contributed by atoms with Crippen molar-refractivity contribution < 1.29 is 13.2 Å². The molecule has 1 aromatic rings. The molecule has 0 amide bonds. The van der Waals surface area contributed by atoms with Crippen molar-refractivity contribution in [2.24, 2.45) is 5.73 Å². The molecule has 1 aromatic carbocycles. The smallest absolute Gasteiger partial charge is 0.323 e. The van der Waals surface area contributed by atoms with E-state index in [1.807, 2.05) is 6.92 Å². The Morgan fingerprint density at radius 1 is 1.33 bits per heavy atom. The van der Waals surface area contributed by atoms with Crippen LogP contribution in [0.1, 0.15) is 24.5 Å². The summed E-state index contributed by atoms with van der Waals surface area (Å²) < 4.78 is 37.6. The third-order valence-corrected chi connectivity index (χ3v) is 3.44. The van der Waals surface area contributed by atoms with Gasteiger partial charge in [0.1, 0.15) is 0 Å². The Hall–Kier alpha value is -1.07. The number of alkyl halides is 3. The van der Waals surface area contributed by atoms with Gasteiger partial charge in [0.25, 0.3) is 0 Å². The first-order valence-electron chi connectivity index (χ1n) is 6.00. The van der Waals surface area contributed by atoms with E-state index < -0.39 is 11.7 Å².